The Morgan fingerprint density at radius 2 is 2.12 bits per heavy atom. The molecule has 0 amide bonds. The molecule has 0 atom stereocenters. The van der Waals surface area contributed by atoms with Gasteiger partial charge in [-0.05, 0) is 18.8 Å². The molecule has 0 aromatic carbocycles. The molecule has 1 aliphatic rings. The van der Waals surface area contributed by atoms with Gasteiger partial charge in [-0.3, -0.25) is 9.82 Å². The van der Waals surface area contributed by atoms with Crippen LogP contribution < -0.4 is 4.72 Å². The van der Waals surface area contributed by atoms with Crippen LogP contribution in [0.5, 0.6) is 0 Å². The SMILES string of the molecule is O=S(=O)(CC1CCCCC1)Nc1cn[nH]c1. The predicted molar refractivity (Wildman–Crippen MR) is 62.6 cm³/mol. The van der Waals surface area contributed by atoms with E-state index in [0.717, 1.165) is 25.7 Å². The van der Waals surface area contributed by atoms with E-state index in [9.17, 15) is 8.42 Å². The van der Waals surface area contributed by atoms with Crippen LogP contribution in [0.4, 0.5) is 5.69 Å². The average molecular weight is 243 g/mol. The average Bonchev–Trinajstić information content (AvgIpc) is 2.70. The highest BCUT2D eigenvalue weighted by Gasteiger charge is 2.21. The molecule has 1 heterocycles. The van der Waals surface area contributed by atoms with Crippen LogP contribution >= 0.6 is 0 Å². The molecule has 2 rings (SSSR count). The minimum Gasteiger partial charge on any atom is -0.284 e. The van der Waals surface area contributed by atoms with E-state index < -0.39 is 10.0 Å². The van der Waals surface area contributed by atoms with Crippen LogP contribution in [0.15, 0.2) is 12.4 Å². The largest absolute Gasteiger partial charge is 0.284 e. The van der Waals surface area contributed by atoms with Gasteiger partial charge in [0.1, 0.15) is 0 Å². The summed E-state index contributed by atoms with van der Waals surface area (Å²) in [7, 11) is -3.21. The first-order valence-electron chi connectivity index (χ1n) is 5.65. The summed E-state index contributed by atoms with van der Waals surface area (Å²) in [4.78, 5) is 0. The fourth-order valence-electron chi connectivity index (χ4n) is 2.19. The van der Waals surface area contributed by atoms with Crippen LogP contribution in [0.3, 0.4) is 0 Å². The Morgan fingerprint density at radius 3 is 2.75 bits per heavy atom. The van der Waals surface area contributed by atoms with Gasteiger partial charge in [-0.1, -0.05) is 19.3 Å². The molecule has 1 aliphatic carbocycles. The van der Waals surface area contributed by atoms with Crippen molar-refractivity contribution in [1.29, 1.82) is 0 Å². The summed E-state index contributed by atoms with van der Waals surface area (Å²) < 4.78 is 26.2. The van der Waals surface area contributed by atoms with Crippen LogP contribution in [-0.2, 0) is 10.0 Å². The van der Waals surface area contributed by atoms with Gasteiger partial charge in [0.05, 0.1) is 17.6 Å². The second-order valence-corrected chi connectivity index (χ2v) is 6.14. The van der Waals surface area contributed by atoms with Crippen molar-refractivity contribution in [3.8, 4) is 0 Å². The summed E-state index contributed by atoms with van der Waals surface area (Å²) in [6.45, 7) is 0. The topological polar surface area (TPSA) is 74.8 Å². The summed E-state index contributed by atoms with van der Waals surface area (Å²) in [5.74, 6) is 0.552. The highest BCUT2D eigenvalue weighted by atomic mass is 32.2. The summed E-state index contributed by atoms with van der Waals surface area (Å²) in [6, 6.07) is 0. The number of nitrogens with zero attached hydrogens (tertiary/aromatic N) is 1. The van der Waals surface area contributed by atoms with Crippen molar-refractivity contribution in [2.24, 2.45) is 5.92 Å². The first kappa shape index (κ1) is 11.4. The molecule has 1 fully saturated rings. The molecule has 5 nitrogen and oxygen atoms in total. The lowest BCUT2D eigenvalue weighted by molar-refractivity contribution is 0.385. The number of hydrogen-bond acceptors (Lipinski definition) is 3. The fraction of sp³-hybridized carbons (Fsp3) is 0.700. The number of rotatable bonds is 4. The number of sulfonamides is 1. The van der Waals surface area contributed by atoms with Crippen LogP contribution in [0, 0.1) is 5.92 Å². The summed E-state index contributed by atoms with van der Waals surface area (Å²) >= 11 is 0. The first-order valence-corrected chi connectivity index (χ1v) is 7.30. The van der Waals surface area contributed by atoms with Crippen LogP contribution in [0.25, 0.3) is 0 Å². The smallest absolute Gasteiger partial charge is 0.233 e. The Kier molecular flexibility index (Phi) is 3.48. The van der Waals surface area contributed by atoms with Crippen LogP contribution in [0.1, 0.15) is 32.1 Å². The molecule has 0 aliphatic heterocycles. The molecule has 0 saturated heterocycles. The quantitative estimate of drug-likeness (QED) is 0.845. The van der Waals surface area contributed by atoms with Crippen molar-refractivity contribution in [2.45, 2.75) is 32.1 Å². The number of nitrogens with one attached hydrogen (secondary N) is 2. The molecule has 0 bridgehead atoms. The Morgan fingerprint density at radius 1 is 1.38 bits per heavy atom. The minimum atomic E-state index is -3.21. The molecule has 1 aromatic heterocycles. The van der Waals surface area contributed by atoms with Crippen LogP contribution in [-0.4, -0.2) is 24.4 Å². The Hall–Kier alpha value is -1.04. The molecule has 0 radical (unpaired) electrons. The lowest BCUT2D eigenvalue weighted by atomic mass is 9.91. The maximum absolute atomic E-state index is 11.8. The van der Waals surface area contributed by atoms with E-state index >= 15 is 0 Å². The van der Waals surface area contributed by atoms with Crippen LogP contribution in [0.2, 0.25) is 0 Å². The maximum Gasteiger partial charge on any atom is 0.233 e. The predicted octanol–water partition coefficient (Wildman–Crippen LogP) is 1.73. The number of H-pyrrole nitrogens is 1. The standard InChI is InChI=1S/C10H17N3O2S/c14-16(15,13-10-6-11-12-7-10)8-9-4-2-1-3-5-9/h6-7,9,13H,1-5,8H2,(H,11,12). The molecule has 1 aromatic rings. The second-order valence-electron chi connectivity index (χ2n) is 4.37. The highest BCUT2D eigenvalue weighted by molar-refractivity contribution is 7.92. The van der Waals surface area contributed by atoms with E-state index in [1.165, 1.54) is 12.6 Å². The first-order chi connectivity index (χ1) is 7.66. The molecule has 16 heavy (non-hydrogen) atoms. The summed E-state index contributed by atoms with van der Waals surface area (Å²) in [6.07, 6.45) is 8.64. The van der Waals surface area contributed by atoms with Crippen molar-refractivity contribution < 1.29 is 8.42 Å². The lowest BCUT2D eigenvalue weighted by Gasteiger charge is -2.21. The zero-order valence-corrected chi connectivity index (χ0v) is 9.96. The molecular formula is C10H17N3O2S. The van der Waals surface area contributed by atoms with Crippen molar-refractivity contribution in [1.82, 2.24) is 10.2 Å². The lowest BCUT2D eigenvalue weighted by Crippen LogP contribution is -2.24. The number of anilines is 1. The van der Waals surface area contributed by atoms with Gasteiger partial charge in [0.2, 0.25) is 10.0 Å². The van der Waals surface area contributed by atoms with Gasteiger partial charge in [-0.15, -0.1) is 0 Å². The Labute approximate surface area is 95.7 Å². The highest BCUT2D eigenvalue weighted by Crippen LogP contribution is 2.25. The molecule has 6 heteroatoms. The normalized spacial score (nSPS) is 18.5. The molecule has 90 valence electrons. The van der Waals surface area contributed by atoms with E-state index in [1.54, 1.807) is 6.20 Å². The van der Waals surface area contributed by atoms with E-state index in [0.29, 0.717) is 11.6 Å². The van der Waals surface area contributed by atoms with E-state index in [4.69, 9.17) is 0 Å². The zero-order valence-electron chi connectivity index (χ0n) is 9.15. The summed E-state index contributed by atoms with van der Waals surface area (Å²) in [5, 5.41) is 6.28. The van der Waals surface area contributed by atoms with Gasteiger partial charge in [0, 0.05) is 6.20 Å². The van der Waals surface area contributed by atoms with Crippen molar-refractivity contribution in [3.05, 3.63) is 12.4 Å². The number of aromatic nitrogens is 2. The van der Waals surface area contributed by atoms with Gasteiger partial charge in [0.15, 0.2) is 0 Å². The van der Waals surface area contributed by atoms with Gasteiger partial charge < -0.3 is 0 Å². The third-order valence-corrected chi connectivity index (χ3v) is 4.41. The minimum absolute atomic E-state index is 0.234. The maximum atomic E-state index is 11.8. The Bertz CT molecular complexity index is 407. The van der Waals surface area contributed by atoms with Crippen molar-refractivity contribution in [2.75, 3.05) is 10.5 Å². The van der Waals surface area contributed by atoms with Gasteiger partial charge in [0.25, 0.3) is 0 Å². The van der Waals surface area contributed by atoms with Gasteiger partial charge in [-0.25, -0.2) is 8.42 Å². The van der Waals surface area contributed by atoms with E-state index in [1.807, 2.05) is 0 Å². The Balaban J connectivity index is 1.92. The molecular weight excluding hydrogens is 226 g/mol. The molecule has 0 unspecified atom stereocenters. The zero-order chi connectivity index (χ0) is 11.4. The molecule has 1 saturated carbocycles. The monoisotopic (exact) mass is 243 g/mol. The molecule has 0 spiro atoms. The second kappa shape index (κ2) is 4.86. The van der Waals surface area contributed by atoms with E-state index in [-0.39, 0.29) is 5.75 Å². The number of hydrogen-bond donors (Lipinski definition) is 2. The third kappa shape index (κ3) is 3.23. The van der Waals surface area contributed by atoms with Crippen molar-refractivity contribution in [3.63, 3.8) is 0 Å². The van der Waals surface area contributed by atoms with Gasteiger partial charge >= 0.3 is 0 Å². The van der Waals surface area contributed by atoms with E-state index in [2.05, 4.69) is 14.9 Å². The fourth-order valence-corrected chi connectivity index (χ4v) is 3.70. The molecule has 2 N–H and O–H groups in total. The number of aromatic amines is 1. The van der Waals surface area contributed by atoms with Gasteiger partial charge in [-0.2, -0.15) is 5.10 Å². The van der Waals surface area contributed by atoms with Crippen molar-refractivity contribution >= 4 is 15.7 Å². The third-order valence-electron chi connectivity index (χ3n) is 2.95. The summed E-state index contributed by atoms with van der Waals surface area (Å²) in [5.41, 5.74) is 0.510.